The van der Waals surface area contributed by atoms with E-state index in [0.29, 0.717) is 6.04 Å². The monoisotopic (exact) mass is 313 g/mol. The maximum atomic E-state index is 12.6. The maximum absolute atomic E-state index is 12.6. The van der Waals surface area contributed by atoms with Crippen molar-refractivity contribution in [3.05, 3.63) is 17.5 Å². The van der Waals surface area contributed by atoms with Crippen LogP contribution in [0.4, 0.5) is 0 Å². The van der Waals surface area contributed by atoms with Gasteiger partial charge in [-0.2, -0.15) is 5.10 Å². The third-order valence-corrected chi connectivity index (χ3v) is 4.25. The Morgan fingerprint density at radius 3 is 2.94 bits per heavy atom. The molecule has 1 aromatic rings. The number of piperidine rings is 1. The van der Waals surface area contributed by atoms with Crippen LogP contribution in [0, 0.1) is 6.92 Å². The Bertz CT molecular complexity index is 428. The molecule has 2 rings (SSSR count). The second kappa shape index (κ2) is 5.87. The van der Waals surface area contributed by atoms with E-state index in [1.807, 2.05) is 18.9 Å². The van der Waals surface area contributed by atoms with Crippen molar-refractivity contribution in [3.8, 4) is 0 Å². The predicted octanol–water partition coefficient (Wildman–Crippen LogP) is 2.51. The summed E-state index contributed by atoms with van der Waals surface area (Å²) in [7, 11) is 1.87. The summed E-state index contributed by atoms with van der Waals surface area (Å²) in [6.45, 7) is 2.83. The lowest BCUT2D eigenvalue weighted by Crippen LogP contribution is -2.44. The van der Waals surface area contributed by atoms with Gasteiger partial charge in [-0.25, -0.2) is 0 Å². The minimum atomic E-state index is 0.145. The molecule has 0 aliphatic carbocycles. The standard InChI is InChI=1S/C13H20BrN3O/c1-10-12(9-15-16(10)2)13(18)17-8-4-3-5-11(17)6-7-14/h9,11H,3-8H2,1-2H3. The highest BCUT2D eigenvalue weighted by Crippen LogP contribution is 2.23. The van der Waals surface area contributed by atoms with Gasteiger partial charge in [0.05, 0.1) is 11.8 Å². The molecule has 0 radical (unpaired) electrons. The number of halogens is 1. The second-order valence-electron chi connectivity index (χ2n) is 4.89. The highest BCUT2D eigenvalue weighted by Gasteiger charge is 2.28. The lowest BCUT2D eigenvalue weighted by atomic mass is 9.99. The average Bonchev–Trinajstić information content (AvgIpc) is 2.70. The van der Waals surface area contributed by atoms with E-state index in [2.05, 4.69) is 21.0 Å². The van der Waals surface area contributed by atoms with Crippen LogP contribution in [-0.2, 0) is 7.05 Å². The molecular weight excluding hydrogens is 294 g/mol. The summed E-state index contributed by atoms with van der Waals surface area (Å²) in [6.07, 6.45) is 6.19. The molecule has 100 valence electrons. The summed E-state index contributed by atoms with van der Waals surface area (Å²) in [6, 6.07) is 0.380. The number of carbonyl (C=O) groups is 1. The van der Waals surface area contributed by atoms with Crippen molar-refractivity contribution in [1.82, 2.24) is 14.7 Å². The van der Waals surface area contributed by atoms with Crippen molar-refractivity contribution >= 4 is 21.8 Å². The van der Waals surface area contributed by atoms with Crippen molar-refractivity contribution in [3.63, 3.8) is 0 Å². The molecule has 0 aromatic carbocycles. The largest absolute Gasteiger partial charge is 0.336 e. The highest BCUT2D eigenvalue weighted by molar-refractivity contribution is 9.09. The van der Waals surface area contributed by atoms with E-state index in [-0.39, 0.29) is 5.91 Å². The first kappa shape index (κ1) is 13.6. The normalized spacial score (nSPS) is 20.2. The number of rotatable bonds is 3. The fraction of sp³-hybridized carbons (Fsp3) is 0.692. The van der Waals surface area contributed by atoms with Gasteiger partial charge in [0.25, 0.3) is 5.91 Å². The number of hydrogen-bond donors (Lipinski definition) is 0. The summed E-state index contributed by atoms with van der Waals surface area (Å²) < 4.78 is 1.76. The first-order valence-electron chi connectivity index (χ1n) is 6.50. The van der Waals surface area contributed by atoms with E-state index in [1.165, 1.54) is 6.42 Å². The molecule has 1 aliphatic rings. The highest BCUT2D eigenvalue weighted by atomic mass is 79.9. The SMILES string of the molecule is Cc1c(C(=O)N2CCCCC2CCBr)cnn1C. The van der Waals surface area contributed by atoms with E-state index in [4.69, 9.17) is 0 Å². The molecule has 1 fully saturated rings. The van der Waals surface area contributed by atoms with E-state index < -0.39 is 0 Å². The number of carbonyl (C=O) groups excluding carboxylic acids is 1. The Kier molecular flexibility index (Phi) is 4.43. The fourth-order valence-electron chi connectivity index (χ4n) is 2.56. The van der Waals surface area contributed by atoms with Crippen LogP contribution in [0.25, 0.3) is 0 Å². The van der Waals surface area contributed by atoms with E-state index in [0.717, 1.165) is 42.4 Å². The number of aromatic nitrogens is 2. The third kappa shape index (κ3) is 2.60. The van der Waals surface area contributed by atoms with Crippen LogP contribution >= 0.6 is 15.9 Å². The molecule has 1 amide bonds. The van der Waals surface area contributed by atoms with Crippen LogP contribution in [0.2, 0.25) is 0 Å². The number of likely N-dealkylation sites (tertiary alicyclic amines) is 1. The zero-order valence-corrected chi connectivity index (χ0v) is 12.6. The maximum Gasteiger partial charge on any atom is 0.257 e. The minimum Gasteiger partial charge on any atom is -0.336 e. The Hall–Kier alpha value is -0.840. The molecule has 1 aromatic heterocycles. The van der Waals surface area contributed by atoms with Gasteiger partial charge in [0, 0.05) is 30.7 Å². The molecule has 18 heavy (non-hydrogen) atoms. The average molecular weight is 314 g/mol. The van der Waals surface area contributed by atoms with Crippen molar-refractivity contribution < 1.29 is 4.79 Å². The first-order chi connectivity index (χ1) is 8.65. The van der Waals surface area contributed by atoms with Gasteiger partial charge in [0.15, 0.2) is 0 Å². The zero-order chi connectivity index (χ0) is 13.1. The minimum absolute atomic E-state index is 0.145. The van der Waals surface area contributed by atoms with Gasteiger partial charge >= 0.3 is 0 Å². The number of nitrogens with zero attached hydrogens (tertiary/aromatic N) is 3. The van der Waals surface area contributed by atoms with Crippen LogP contribution in [0.15, 0.2) is 6.20 Å². The van der Waals surface area contributed by atoms with Crippen LogP contribution in [0.1, 0.15) is 41.7 Å². The van der Waals surface area contributed by atoms with Crippen LogP contribution in [0.5, 0.6) is 0 Å². The summed E-state index contributed by atoms with van der Waals surface area (Å²) in [5.41, 5.74) is 1.70. The molecule has 1 aliphatic heterocycles. The van der Waals surface area contributed by atoms with Crippen molar-refractivity contribution in [2.24, 2.45) is 7.05 Å². The quantitative estimate of drug-likeness (QED) is 0.804. The van der Waals surface area contributed by atoms with E-state index in [1.54, 1.807) is 10.9 Å². The number of hydrogen-bond acceptors (Lipinski definition) is 2. The molecule has 4 nitrogen and oxygen atoms in total. The molecular formula is C13H20BrN3O. The molecule has 1 saturated heterocycles. The number of aryl methyl sites for hydroxylation is 1. The topological polar surface area (TPSA) is 38.1 Å². The molecule has 2 heterocycles. The molecule has 0 bridgehead atoms. The van der Waals surface area contributed by atoms with Crippen LogP contribution in [0.3, 0.4) is 0 Å². The smallest absolute Gasteiger partial charge is 0.257 e. The number of alkyl halides is 1. The summed E-state index contributed by atoms with van der Waals surface area (Å²) in [4.78, 5) is 14.6. The first-order valence-corrected chi connectivity index (χ1v) is 7.63. The van der Waals surface area contributed by atoms with Gasteiger partial charge in [-0.3, -0.25) is 9.48 Å². The van der Waals surface area contributed by atoms with Gasteiger partial charge in [-0.15, -0.1) is 0 Å². The second-order valence-corrected chi connectivity index (χ2v) is 5.69. The van der Waals surface area contributed by atoms with Crippen LogP contribution in [-0.4, -0.2) is 38.5 Å². The fourth-order valence-corrected chi connectivity index (χ4v) is 3.09. The van der Waals surface area contributed by atoms with Gasteiger partial charge < -0.3 is 4.90 Å². The number of amides is 1. The summed E-state index contributed by atoms with van der Waals surface area (Å²) in [5.74, 6) is 0.145. The van der Waals surface area contributed by atoms with Gasteiger partial charge in [-0.1, -0.05) is 15.9 Å². The summed E-state index contributed by atoms with van der Waals surface area (Å²) in [5, 5.41) is 5.11. The Morgan fingerprint density at radius 2 is 2.33 bits per heavy atom. The van der Waals surface area contributed by atoms with Gasteiger partial charge in [0.2, 0.25) is 0 Å². The molecule has 5 heteroatoms. The van der Waals surface area contributed by atoms with Gasteiger partial charge in [-0.05, 0) is 32.6 Å². The predicted molar refractivity (Wildman–Crippen MR) is 75.0 cm³/mol. The van der Waals surface area contributed by atoms with E-state index >= 15 is 0 Å². The zero-order valence-electron chi connectivity index (χ0n) is 11.0. The molecule has 0 saturated carbocycles. The van der Waals surface area contributed by atoms with Crippen molar-refractivity contribution in [1.29, 1.82) is 0 Å². The van der Waals surface area contributed by atoms with Gasteiger partial charge in [0.1, 0.15) is 0 Å². The van der Waals surface area contributed by atoms with E-state index in [9.17, 15) is 4.79 Å². The van der Waals surface area contributed by atoms with Crippen LogP contribution < -0.4 is 0 Å². The lowest BCUT2D eigenvalue weighted by molar-refractivity contribution is 0.0609. The molecule has 0 spiro atoms. The van der Waals surface area contributed by atoms with Crippen molar-refractivity contribution in [2.45, 2.75) is 38.6 Å². The molecule has 1 atom stereocenters. The summed E-state index contributed by atoms with van der Waals surface area (Å²) >= 11 is 3.48. The Morgan fingerprint density at radius 1 is 1.56 bits per heavy atom. The lowest BCUT2D eigenvalue weighted by Gasteiger charge is -2.35. The Labute approximate surface area is 116 Å². The molecule has 0 N–H and O–H groups in total. The molecule has 1 unspecified atom stereocenters. The Balaban J connectivity index is 2.18. The third-order valence-electron chi connectivity index (χ3n) is 3.80. The van der Waals surface area contributed by atoms with Crippen molar-refractivity contribution in [2.75, 3.05) is 11.9 Å².